The second-order valence-corrected chi connectivity index (χ2v) is 4.79. The zero-order chi connectivity index (χ0) is 12.1. The van der Waals surface area contributed by atoms with Crippen molar-refractivity contribution in [2.24, 2.45) is 0 Å². The minimum atomic E-state index is 0.622. The van der Waals surface area contributed by atoms with Crippen molar-refractivity contribution in [3.63, 3.8) is 0 Å². The van der Waals surface area contributed by atoms with E-state index in [1.807, 2.05) is 0 Å². The van der Waals surface area contributed by atoms with Crippen LogP contribution in [0.5, 0.6) is 0 Å². The molecular formula is C14H24N2. The second kappa shape index (κ2) is 5.90. The van der Waals surface area contributed by atoms with Gasteiger partial charge in [-0.1, -0.05) is 18.2 Å². The molecule has 0 aliphatic rings. The Labute approximate surface area is 99.7 Å². The van der Waals surface area contributed by atoms with E-state index in [0.717, 1.165) is 6.54 Å². The Bertz CT molecular complexity index is 311. The zero-order valence-electron chi connectivity index (χ0n) is 11.2. The third kappa shape index (κ3) is 3.53. The molecule has 1 N–H and O–H groups in total. The van der Waals surface area contributed by atoms with E-state index in [-0.39, 0.29) is 0 Å². The number of hydrogen-bond acceptors (Lipinski definition) is 2. The SMILES string of the molecule is Cc1cccc(C)c1NCCC(C)N(C)C. The summed E-state index contributed by atoms with van der Waals surface area (Å²) >= 11 is 0. The van der Waals surface area contributed by atoms with Gasteiger partial charge in [0.15, 0.2) is 0 Å². The van der Waals surface area contributed by atoms with Crippen molar-refractivity contribution < 1.29 is 0 Å². The number of anilines is 1. The first-order valence-electron chi connectivity index (χ1n) is 5.99. The Hall–Kier alpha value is -1.02. The van der Waals surface area contributed by atoms with Crippen molar-refractivity contribution in [3.05, 3.63) is 29.3 Å². The fourth-order valence-corrected chi connectivity index (χ4v) is 1.76. The Kier molecular flexibility index (Phi) is 4.81. The summed E-state index contributed by atoms with van der Waals surface area (Å²) in [6, 6.07) is 7.05. The minimum Gasteiger partial charge on any atom is -0.385 e. The summed E-state index contributed by atoms with van der Waals surface area (Å²) in [5.74, 6) is 0. The largest absolute Gasteiger partial charge is 0.385 e. The lowest BCUT2D eigenvalue weighted by Crippen LogP contribution is -2.26. The summed E-state index contributed by atoms with van der Waals surface area (Å²) in [7, 11) is 4.26. The molecule has 0 aliphatic carbocycles. The van der Waals surface area contributed by atoms with Crippen LogP contribution in [0.3, 0.4) is 0 Å². The summed E-state index contributed by atoms with van der Waals surface area (Å²) in [5.41, 5.74) is 3.96. The highest BCUT2D eigenvalue weighted by Crippen LogP contribution is 2.19. The normalized spacial score (nSPS) is 12.9. The molecule has 0 spiro atoms. The number of hydrogen-bond donors (Lipinski definition) is 1. The van der Waals surface area contributed by atoms with Crippen LogP contribution in [-0.2, 0) is 0 Å². The molecule has 0 fully saturated rings. The van der Waals surface area contributed by atoms with Gasteiger partial charge in [0.1, 0.15) is 0 Å². The van der Waals surface area contributed by atoms with Crippen molar-refractivity contribution in [2.75, 3.05) is 26.0 Å². The Morgan fingerprint density at radius 1 is 1.19 bits per heavy atom. The molecule has 2 heteroatoms. The quantitative estimate of drug-likeness (QED) is 0.820. The van der Waals surface area contributed by atoms with E-state index in [1.165, 1.54) is 23.2 Å². The molecule has 1 atom stereocenters. The van der Waals surface area contributed by atoms with Gasteiger partial charge in [0.25, 0.3) is 0 Å². The minimum absolute atomic E-state index is 0.622. The highest BCUT2D eigenvalue weighted by molar-refractivity contribution is 5.56. The second-order valence-electron chi connectivity index (χ2n) is 4.79. The van der Waals surface area contributed by atoms with Crippen LogP contribution in [0.1, 0.15) is 24.5 Å². The van der Waals surface area contributed by atoms with Crippen molar-refractivity contribution in [1.82, 2.24) is 4.90 Å². The van der Waals surface area contributed by atoms with Gasteiger partial charge in [0, 0.05) is 18.3 Å². The van der Waals surface area contributed by atoms with Crippen LogP contribution in [0, 0.1) is 13.8 Å². The molecule has 0 saturated carbocycles. The van der Waals surface area contributed by atoms with Crippen molar-refractivity contribution in [3.8, 4) is 0 Å². The fourth-order valence-electron chi connectivity index (χ4n) is 1.76. The van der Waals surface area contributed by atoms with E-state index < -0.39 is 0 Å². The standard InChI is InChI=1S/C14H24N2/c1-11-7-6-8-12(2)14(11)15-10-9-13(3)16(4)5/h6-8,13,15H,9-10H2,1-5H3. The molecule has 0 amide bonds. The average Bonchev–Trinajstić information content (AvgIpc) is 2.22. The van der Waals surface area contributed by atoms with Gasteiger partial charge < -0.3 is 10.2 Å². The number of para-hydroxylation sites is 1. The summed E-state index contributed by atoms with van der Waals surface area (Å²) in [5, 5.41) is 3.54. The van der Waals surface area contributed by atoms with Crippen molar-refractivity contribution >= 4 is 5.69 Å². The van der Waals surface area contributed by atoms with Crippen LogP contribution in [-0.4, -0.2) is 31.6 Å². The molecule has 0 saturated heterocycles. The Morgan fingerprint density at radius 2 is 1.75 bits per heavy atom. The highest BCUT2D eigenvalue weighted by atomic mass is 15.1. The van der Waals surface area contributed by atoms with Crippen LogP contribution in [0.15, 0.2) is 18.2 Å². The smallest absolute Gasteiger partial charge is 0.0399 e. The third-order valence-electron chi connectivity index (χ3n) is 3.23. The van der Waals surface area contributed by atoms with Gasteiger partial charge >= 0.3 is 0 Å². The Morgan fingerprint density at radius 3 is 2.25 bits per heavy atom. The first-order chi connectivity index (χ1) is 7.52. The maximum absolute atomic E-state index is 3.54. The molecule has 16 heavy (non-hydrogen) atoms. The van der Waals surface area contributed by atoms with E-state index in [0.29, 0.717) is 6.04 Å². The molecule has 1 aromatic carbocycles. The van der Waals surface area contributed by atoms with Crippen molar-refractivity contribution in [1.29, 1.82) is 0 Å². The molecule has 90 valence electrons. The fraction of sp³-hybridized carbons (Fsp3) is 0.571. The molecule has 0 aromatic heterocycles. The van der Waals surface area contributed by atoms with Crippen LogP contribution < -0.4 is 5.32 Å². The van der Waals surface area contributed by atoms with Crippen molar-refractivity contribution in [2.45, 2.75) is 33.2 Å². The van der Waals surface area contributed by atoms with Gasteiger partial charge in [-0.15, -0.1) is 0 Å². The number of nitrogens with one attached hydrogen (secondary N) is 1. The number of aryl methyl sites for hydroxylation is 2. The maximum atomic E-state index is 3.54. The predicted octanol–water partition coefficient (Wildman–Crippen LogP) is 3.06. The average molecular weight is 220 g/mol. The highest BCUT2D eigenvalue weighted by Gasteiger charge is 2.05. The molecule has 0 bridgehead atoms. The van der Waals surface area contributed by atoms with E-state index in [4.69, 9.17) is 0 Å². The van der Waals surface area contributed by atoms with Gasteiger partial charge in [-0.2, -0.15) is 0 Å². The van der Waals surface area contributed by atoms with Crippen LogP contribution in [0.4, 0.5) is 5.69 Å². The van der Waals surface area contributed by atoms with Crippen LogP contribution >= 0.6 is 0 Å². The Balaban J connectivity index is 2.49. The van der Waals surface area contributed by atoms with Gasteiger partial charge in [-0.3, -0.25) is 0 Å². The molecule has 1 aromatic rings. The van der Waals surface area contributed by atoms with Gasteiger partial charge in [-0.05, 0) is 52.4 Å². The molecule has 0 aliphatic heterocycles. The first-order valence-corrected chi connectivity index (χ1v) is 5.99. The molecular weight excluding hydrogens is 196 g/mol. The molecule has 0 heterocycles. The lowest BCUT2D eigenvalue weighted by atomic mass is 10.1. The monoisotopic (exact) mass is 220 g/mol. The number of nitrogens with zero attached hydrogens (tertiary/aromatic N) is 1. The summed E-state index contributed by atoms with van der Waals surface area (Å²) in [6.07, 6.45) is 1.17. The first kappa shape index (κ1) is 13.0. The molecule has 2 nitrogen and oxygen atoms in total. The van der Waals surface area contributed by atoms with E-state index in [9.17, 15) is 0 Å². The lowest BCUT2D eigenvalue weighted by Gasteiger charge is -2.20. The topological polar surface area (TPSA) is 15.3 Å². The zero-order valence-corrected chi connectivity index (χ0v) is 11.2. The van der Waals surface area contributed by atoms with E-state index in [1.54, 1.807) is 0 Å². The molecule has 0 radical (unpaired) electrons. The number of rotatable bonds is 5. The number of benzene rings is 1. The van der Waals surface area contributed by atoms with Gasteiger partial charge in [0.05, 0.1) is 0 Å². The summed E-state index contributed by atoms with van der Waals surface area (Å²) in [4.78, 5) is 2.26. The molecule has 1 unspecified atom stereocenters. The molecule has 1 rings (SSSR count). The van der Waals surface area contributed by atoms with Crippen LogP contribution in [0.25, 0.3) is 0 Å². The third-order valence-corrected chi connectivity index (χ3v) is 3.23. The lowest BCUT2D eigenvalue weighted by molar-refractivity contribution is 0.304. The summed E-state index contributed by atoms with van der Waals surface area (Å²) in [6.45, 7) is 7.60. The maximum Gasteiger partial charge on any atom is 0.0399 e. The summed E-state index contributed by atoms with van der Waals surface area (Å²) < 4.78 is 0. The predicted molar refractivity (Wildman–Crippen MR) is 72.2 cm³/mol. The van der Waals surface area contributed by atoms with E-state index >= 15 is 0 Å². The van der Waals surface area contributed by atoms with Gasteiger partial charge in [-0.25, -0.2) is 0 Å². The van der Waals surface area contributed by atoms with Crippen LogP contribution in [0.2, 0.25) is 0 Å². The van der Waals surface area contributed by atoms with Gasteiger partial charge in [0.2, 0.25) is 0 Å². The van der Waals surface area contributed by atoms with E-state index in [2.05, 4.69) is 63.3 Å².